The van der Waals surface area contributed by atoms with Crippen LogP contribution in [0.3, 0.4) is 0 Å². The summed E-state index contributed by atoms with van der Waals surface area (Å²) < 4.78 is 9.37. The number of aromatic carboxylic acids is 1. The van der Waals surface area contributed by atoms with Gasteiger partial charge in [-0.15, -0.1) is 11.3 Å². The van der Waals surface area contributed by atoms with E-state index in [0.717, 1.165) is 55.6 Å². The molecule has 2 radical (unpaired) electrons. The van der Waals surface area contributed by atoms with Gasteiger partial charge in [0.05, 0.1) is 6.61 Å². The number of carboxylic acids is 1. The number of likely N-dealkylation sites (tertiary alicyclic amines) is 1. The van der Waals surface area contributed by atoms with Crippen molar-refractivity contribution in [3.05, 3.63) is 59.0 Å². The van der Waals surface area contributed by atoms with Crippen LogP contribution < -0.4 is 26.6 Å². The number of carboxylic acid groups (broad SMARTS) is 1. The van der Waals surface area contributed by atoms with E-state index in [2.05, 4.69) is 41.2 Å². The summed E-state index contributed by atoms with van der Waals surface area (Å²) in [5.74, 6) is -0.944. The van der Waals surface area contributed by atoms with Crippen molar-refractivity contribution in [1.82, 2.24) is 10.2 Å². The standard InChI is InChI=1S/C13H10BNO4S.C13H18N2O2.C8H17N.C2H6O.C2H6.CH4O.H2S/c14-9-10(19-5-4-16)12(13(17)18)20-11(9)7-2-1-3-8(15)6-7;16-9-10-2-1-3-12(8-10)15-13(17)11-4-6-14-7-5-11;1-8(2)6-4-5-7-9(8)3;1-3-2;2*1-2;/h1-4,6H,5,15H2,(H,17,18);1-3,8,11,14,16H,4-7,9H2,(H,15,17);4-7H2,1-3H3;1-2H3;1-2H3;2H,1H3;1H2. The van der Waals surface area contributed by atoms with Gasteiger partial charge in [0.25, 0.3) is 0 Å². The zero-order valence-electron chi connectivity index (χ0n) is 33.2. The van der Waals surface area contributed by atoms with Gasteiger partial charge in [0.1, 0.15) is 20.2 Å². The number of aliphatic hydroxyl groups excluding tert-OH is 2. The molecule has 54 heavy (non-hydrogen) atoms. The molecule has 0 unspecified atom stereocenters. The lowest BCUT2D eigenvalue weighted by atomic mass is 9.91. The number of aldehydes is 1. The zero-order chi connectivity index (χ0) is 40.4. The number of benzene rings is 2. The first kappa shape index (κ1) is 52.7. The number of aliphatic hydroxyl groups is 2. The number of carbonyl (C=O) groups excluding carboxylic acids is 2. The minimum atomic E-state index is -1.15. The fourth-order valence-electron chi connectivity index (χ4n) is 5.20. The minimum absolute atomic E-state index is 0. The van der Waals surface area contributed by atoms with Crippen molar-refractivity contribution in [1.29, 1.82) is 0 Å². The second kappa shape index (κ2) is 29.9. The molecule has 2 aliphatic heterocycles. The molecule has 0 bridgehead atoms. The van der Waals surface area contributed by atoms with Crippen molar-refractivity contribution in [3.63, 3.8) is 0 Å². The maximum absolute atomic E-state index is 12.0. The molecule has 2 aliphatic rings. The van der Waals surface area contributed by atoms with Crippen molar-refractivity contribution in [2.45, 2.75) is 71.9 Å². The van der Waals surface area contributed by atoms with Gasteiger partial charge in [0, 0.05) is 49.0 Å². The first-order chi connectivity index (χ1) is 25.4. The van der Waals surface area contributed by atoms with E-state index in [1.807, 2.05) is 32.0 Å². The number of hydrogen-bond acceptors (Lipinski definition) is 11. The summed E-state index contributed by atoms with van der Waals surface area (Å²) in [6.07, 6.45) is 6.49. The van der Waals surface area contributed by atoms with Crippen molar-refractivity contribution >= 4 is 67.7 Å². The summed E-state index contributed by atoms with van der Waals surface area (Å²) >= 11 is 0.985. The molecule has 15 heteroatoms. The topological polar surface area (TPSA) is 184 Å². The van der Waals surface area contributed by atoms with Gasteiger partial charge in [-0.1, -0.05) is 44.5 Å². The number of nitrogen functional groups attached to an aromatic ring is 1. The van der Waals surface area contributed by atoms with Gasteiger partial charge in [0.15, 0.2) is 11.2 Å². The van der Waals surface area contributed by atoms with Crippen molar-refractivity contribution in [3.8, 4) is 16.2 Å². The molecule has 0 atom stereocenters. The van der Waals surface area contributed by atoms with E-state index < -0.39 is 5.97 Å². The molecule has 5 rings (SSSR count). The predicted molar refractivity (Wildman–Crippen MR) is 228 cm³/mol. The van der Waals surface area contributed by atoms with Crippen LogP contribution in [-0.2, 0) is 20.9 Å². The van der Waals surface area contributed by atoms with E-state index in [1.54, 1.807) is 44.6 Å². The van der Waals surface area contributed by atoms with E-state index in [-0.39, 0.29) is 54.6 Å². The number of nitrogens with zero attached hydrogens (tertiary/aromatic N) is 1. The molecule has 7 N–H and O–H groups in total. The highest BCUT2D eigenvalue weighted by atomic mass is 32.1. The minimum Gasteiger partial charge on any atom is -0.485 e. The molecule has 1 aromatic heterocycles. The summed E-state index contributed by atoms with van der Waals surface area (Å²) in [6, 6.07) is 14.2. The Labute approximate surface area is 334 Å². The van der Waals surface area contributed by atoms with E-state index in [0.29, 0.717) is 28.0 Å². The Balaban J connectivity index is 0. The molecular formula is C39H63BN4O8S2. The van der Waals surface area contributed by atoms with Crippen LogP contribution in [0.5, 0.6) is 5.75 Å². The molecule has 3 heterocycles. The molecule has 302 valence electrons. The Morgan fingerprint density at radius 2 is 1.70 bits per heavy atom. The van der Waals surface area contributed by atoms with Crippen LogP contribution in [0, 0.1) is 5.92 Å². The fraction of sp³-hybridized carbons (Fsp3) is 0.513. The Morgan fingerprint density at radius 3 is 2.20 bits per heavy atom. The van der Waals surface area contributed by atoms with Crippen LogP contribution in [0.25, 0.3) is 10.4 Å². The Morgan fingerprint density at radius 1 is 1.09 bits per heavy atom. The number of rotatable bonds is 8. The highest BCUT2D eigenvalue weighted by Gasteiger charge is 2.26. The maximum Gasteiger partial charge on any atom is 0.349 e. The van der Waals surface area contributed by atoms with E-state index in [4.69, 9.17) is 33.6 Å². The first-order valence-electron chi connectivity index (χ1n) is 17.7. The number of thiophene rings is 1. The molecule has 0 spiro atoms. The van der Waals surface area contributed by atoms with Gasteiger partial charge in [0.2, 0.25) is 5.91 Å². The van der Waals surface area contributed by atoms with Crippen LogP contribution in [0.4, 0.5) is 11.4 Å². The number of methoxy groups -OCH3 is 1. The van der Waals surface area contributed by atoms with Crippen LogP contribution >= 0.6 is 24.8 Å². The lowest BCUT2D eigenvalue weighted by Crippen LogP contribution is -2.44. The molecule has 2 saturated heterocycles. The molecule has 0 saturated carbocycles. The summed E-state index contributed by atoms with van der Waals surface area (Å²) in [6.45, 7) is 11.5. The number of hydrogen-bond donors (Lipinski definition) is 6. The van der Waals surface area contributed by atoms with Gasteiger partial charge in [-0.3, -0.25) is 9.59 Å². The lowest BCUT2D eigenvalue weighted by Gasteiger charge is -2.39. The molecular weight excluding hydrogens is 727 g/mol. The van der Waals surface area contributed by atoms with Crippen LogP contribution in [0.1, 0.15) is 75.0 Å². The summed E-state index contributed by atoms with van der Waals surface area (Å²) in [5, 5.41) is 31.3. The Bertz CT molecular complexity index is 1490. The van der Waals surface area contributed by atoms with Crippen LogP contribution in [0.2, 0.25) is 0 Å². The maximum atomic E-state index is 12.0. The highest BCUT2D eigenvalue weighted by Crippen LogP contribution is 2.34. The quantitative estimate of drug-likeness (QED) is 0.102. The summed E-state index contributed by atoms with van der Waals surface area (Å²) in [7, 11) is 12.4. The van der Waals surface area contributed by atoms with E-state index >= 15 is 0 Å². The van der Waals surface area contributed by atoms with Gasteiger partial charge < -0.3 is 46.1 Å². The first-order valence-corrected chi connectivity index (χ1v) is 18.5. The summed E-state index contributed by atoms with van der Waals surface area (Å²) in [4.78, 5) is 36.5. The molecule has 12 nitrogen and oxygen atoms in total. The number of anilines is 2. The highest BCUT2D eigenvalue weighted by molar-refractivity contribution is 7.59. The fourth-order valence-corrected chi connectivity index (χ4v) is 6.20. The number of amides is 1. The number of piperidine rings is 2. The second-order valence-corrected chi connectivity index (χ2v) is 13.4. The molecule has 2 aromatic carbocycles. The van der Waals surface area contributed by atoms with E-state index in [9.17, 15) is 14.4 Å². The summed E-state index contributed by atoms with van der Waals surface area (Å²) in [5.41, 5.74) is 9.19. The van der Waals surface area contributed by atoms with Gasteiger partial charge >= 0.3 is 5.97 Å². The van der Waals surface area contributed by atoms with Crippen molar-refractivity contribution < 1.29 is 39.2 Å². The third-order valence-electron chi connectivity index (χ3n) is 8.19. The monoisotopic (exact) mass is 790 g/mol. The normalized spacial score (nSPS) is 14.3. The van der Waals surface area contributed by atoms with E-state index in [1.165, 1.54) is 25.8 Å². The molecule has 1 amide bonds. The van der Waals surface area contributed by atoms with Crippen LogP contribution in [0.15, 0.2) is 48.5 Å². The Hall–Kier alpha value is -3.44. The Kier molecular flexibility index (Phi) is 29.1. The third kappa shape index (κ3) is 18.7. The van der Waals surface area contributed by atoms with Gasteiger partial charge in [-0.25, -0.2) is 4.79 Å². The molecule has 2 fully saturated rings. The second-order valence-electron chi connectivity index (χ2n) is 12.4. The molecule has 3 aromatic rings. The largest absolute Gasteiger partial charge is 0.485 e. The molecule has 0 aliphatic carbocycles. The van der Waals surface area contributed by atoms with Gasteiger partial charge in [-0.2, -0.15) is 13.5 Å². The van der Waals surface area contributed by atoms with Crippen molar-refractivity contribution in [2.75, 3.05) is 65.7 Å². The third-order valence-corrected chi connectivity index (χ3v) is 9.41. The zero-order valence-corrected chi connectivity index (χ0v) is 35.1. The van der Waals surface area contributed by atoms with Crippen LogP contribution in [-0.4, -0.2) is 106 Å². The predicted octanol–water partition coefficient (Wildman–Crippen LogP) is 5.07. The number of carbonyl (C=O) groups is 3. The average molecular weight is 791 g/mol. The number of nitrogens with two attached hydrogens (primary N) is 1. The van der Waals surface area contributed by atoms with Gasteiger partial charge in [-0.05, 0) is 107 Å². The number of nitrogens with one attached hydrogen (secondary N) is 2. The SMILES string of the molecule is CC.CN1CCCCC1(C)C.CO.COC.O=C(Nc1cccc(CO)c1)C1CCNCC1.S.[B]c1c(-c2cccc(N)c2)sc(C(=O)O)c1OCC=O. The average Bonchev–Trinajstić information content (AvgIpc) is 3.50. The smallest absolute Gasteiger partial charge is 0.349 e. The number of ether oxygens (including phenoxy) is 2. The lowest BCUT2D eigenvalue weighted by molar-refractivity contribution is -0.120. The van der Waals surface area contributed by atoms with Crippen molar-refractivity contribution in [2.24, 2.45) is 5.92 Å².